The fourth-order valence-corrected chi connectivity index (χ4v) is 4.03. The van der Waals surface area contributed by atoms with Crippen molar-refractivity contribution in [3.63, 3.8) is 0 Å². The fraction of sp³-hybridized carbons (Fsp3) is 0.391. The summed E-state index contributed by atoms with van der Waals surface area (Å²) < 4.78 is 6.05. The number of amides is 2. The topological polar surface area (TPSA) is 58.6 Å². The lowest BCUT2D eigenvalue weighted by atomic mass is 10.1. The fourth-order valence-electron chi connectivity index (χ4n) is 3.29. The Balaban J connectivity index is 1.54. The van der Waals surface area contributed by atoms with E-state index in [1.165, 1.54) is 17.7 Å². The zero-order chi connectivity index (χ0) is 20.6. The number of benzene rings is 2. The highest BCUT2D eigenvalue weighted by Gasteiger charge is 2.16. The van der Waals surface area contributed by atoms with Crippen LogP contribution in [0.15, 0.2) is 53.4 Å². The summed E-state index contributed by atoms with van der Waals surface area (Å²) in [4.78, 5) is 26.7. The molecule has 154 valence electrons. The van der Waals surface area contributed by atoms with E-state index in [-0.39, 0.29) is 11.1 Å². The number of ether oxygens (including phenoxy) is 1. The normalized spacial score (nSPS) is 13.9. The Morgan fingerprint density at radius 1 is 1.10 bits per heavy atom. The van der Waals surface area contributed by atoms with Gasteiger partial charge in [-0.15, -0.1) is 0 Å². The summed E-state index contributed by atoms with van der Waals surface area (Å²) in [5.74, 6) is 0.816. The molecule has 1 aliphatic carbocycles. The van der Waals surface area contributed by atoms with Crippen LogP contribution in [0, 0.1) is 0 Å². The largest absolute Gasteiger partial charge is 0.490 e. The number of carbonyl (C=O) groups excluding carboxylic acids is 2. The molecule has 1 fully saturated rings. The van der Waals surface area contributed by atoms with Crippen molar-refractivity contribution in [3.8, 4) is 5.75 Å². The third-order valence-electron chi connectivity index (χ3n) is 4.87. The highest BCUT2D eigenvalue weighted by atomic mass is 32.2. The van der Waals surface area contributed by atoms with E-state index in [1.54, 1.807) is 14.1 Å². The van der Waals surface area contributed by atoms with Crippen molar-refractivity contribution >= 4 is 28.6 Å². The summed E-state index contributed by atoms with van der Waals surface area (Å²) in [7, 11) is 3.42. The highest BCUT2D eigenvalue weighted by molar-refractivity contribution is 8.13. The quantitative estimate of drug-likeness (QED) is 0.623. The van der Waals surface area contributed by atoms with Gasteiger partial charge < -0.3 is 15.0 Å². The van der Waals surface area contributed by atoms with Crippen LogP contribution in [0.3, 0.4) is 0 Å². The standard InChI is InChI=1S/C23H28N2O3S/c1-25(2)23(27)29-21-13-6-5-12-20(21)24-22(26)15-14-17-8-7-11-19(16-17)28-18-9-3-4-10-18/h5-8,11-13,16,18H,3-4,9-10,14-15H2,1-2H3,(H,24,26). The van der Waals surface area contributed by atoms with E-state index >= 15 is 0 Å². The van der Waals surface area contributed by atoms with Gasteiger partial charge in [-0.2, -0.15) is 0 Å². The Bertz CT molecular complexity index is 848. The SMILES string of the molecule is CN(C)C(=O)Sc1ccccc1NC(=O)CCc1cccc(OC2CCCC2)c1. The molecule has 2 aromatic rings. The second-order valence-electron chi connectivity index (χ2n) is 7.48. The van der Waals surface area contributed by atoms with Gasteiger partial charge in [0.15, 0.2) is 0 Å². The van der Waals surface area contributed by atoms with E-state index in [4.69, 9.17) is 4.74 Å². The number of hydrogen-bond donors (Lipinski definition) is 1. The number of aryl methyl sites for hydroxylation is 1. The number of nitrogens with one attached hydrogen (secondary N) is 1. The van der Waals surface area contributed by atoms with Gasteiger partial charge in [-0.25, -0.2) is 0 Å². The highest BCUT2D eigenvalue weighted by Crippen LogP contribution is 2.29. The smallest absolute Gasteiger partial charge is 0.286 e. The molecule has 0 aromatic heterocycles. The molecule has 1 N–H and O–H groups in total. The Labute approximate surface area is 176 Å². The zero-order valence-corrected chi connectivity index (χ0v) is 17.8. The van der Waals surface area contributed by atoms with Crippen LogP contribution in [-0.4, -0.2) is 36.2 Å². The number of rotatable bonds is 7. The summed E-state index contributed by atoms with van der Waals surface area (Å²) >= 11 is 1.11. The molecule has 0 saturated heterocycles. The Hall–Kier alpha value is -2.47. The first kappa shape index (κ1) is 21.2. The maximum Gasteiger partial charge on any atom is 0.286 e. The van der Waals surface area contributed by atoms with Crippen LogP contribution >= 0.6 is 11.8 Å². The average molecular weight is 413 g/mol. The lowest BCUT2D eigenvalue weighted by molar-refractivity contribution is -0.116. The van der Waals surface area contributed by atoms with Gasteiger partial charge >= 0.3 is 0 Å². The lowest BCUT2D eigenvalue weighted by Crippen LogP contribution is -2.17. The van der Waals surface area contributed by atoms with Gasteiger partial charge in [0.25, 0.3) is 5.24 Å². The van der Waals surface area contributed by atoms with Crippen molar-refractivity contribution in [2.75, 3.05) is 19.4 Å². The van der Waals surface area contributed by atoms with E-state index in [2.05, 4.69) is 5.32 Å². The van der Waals surface area contributed by atoms with Gasteiger partial charge in [-0.1, -0.05) is 24.3 Å². The third kappa shape index (κ3) is 6.53. The van der Waals surface area contributed by atoms with Crippen LogP contribution in [-0.2, 0) is 11.2 Å². The van der Waals surface area contributed by atoms with Crippen molar-refractivity contribution in [2.45, 2.75) is 49.5 Å². The predicted octanol–water partition coefficient (Wildman–Crippen LogP) is 5.35. The summed E-state index contributed by atoms with van der Waals surface area (Å²) in [5, 5.41) is 2.86. The van der Waals surface area contributed by atoms with Crippen molar-refractivity contribution < 1.29 is 14.3 Å². The zero-order valence-electron chi connectivity index (χ0n) is 17.0. The van der Waals surface area contributed by atoms with Crippen LogP contribution in [0.2, 0.25) is 0 Å². The number of nitrogens with zero attached hydrogens (tertiary/aromatic N) is 1. The molecule has 0 spiro atoms. The molecule has 6 heteroatoms. The molecule has 0 unspecified atom stereocenters. The molecule has 0 bridgehead atoms. The van der Waals surface area contributed by atoms with Gasteiger partial charge in [0, 0.05) is 25.4 Å². The first-order chi connectivity index (χ1) is 14.0. The summed E-state index contributed by atoms with van der Waals surface area (Å²) in [6.07, 6.45) is 6.07. The van der Waals surface area contributed by atoms with Crippen LogP contribution in [0.25, 0.3) is 0 Å². The van der Waals surface area contributed by atoms with E-state index in [0.29, 0.717) is 24.6 Å². The van der Waals surface area contributed by atoms with E-state index in [0.717, 1.165) is 40.8 Å². The monoisotopic (exact) mass is 412 g/mol. The molecule has 3 rings (SSSR count). The first-order valence-corrected chi connectivity index (χ1v) is 10.9. The molecule has 1 aliphatic rings. The van der Waals surface area contributed by atoms with Crippen LogP contribution in [0.4, 0.5) is 10.5 Å². The van der Waals surface area contributed by atoms with Crippen molar-refractivity contribution in [1.82, 2.24) is 4.90 Å². The molecule has 0 heterocycles. The molecule has 0 aliphatic heterocycles. The average Bonchev–Trinajstić information content (AvgIpc) is 3.21. The summed E-state index contributed by atoms with van der Waals surface area (Å²) in [5.41, 5.74) is 1.75. The molecule has 2 amide bonds. The predicted molar refractivity (Wildman–Crippen MR) is 118 cm³/mol. The first-order valence-electron chi connectivity index (χ1n) is 10.0. The summed E-state index contributed by atoms with van der Waals surface area (Å²) in [6, 6.07) is 15.4. The minimum atomic E-state index is -0.0780. The number of hydrogen-bond acceptors (Lipinski definition) is 4. The molecule has 1 saturated carbocycles. The van der Waals surface area contributed by atoms with Crippen LogP contribution in [0.1, 0.15) is 37.7 Å². The Kier molecular flexibility index (Phi) is 7.58. The minimum Gasteiger partial charge on any atom is -0.490 e. The van der Waals surface area contributed by atoms with Crippen molar-refractivity contribution in [3.05, 3.63) is 54.1 Å². The number of para-hydroxylation sites is 1. The molecule has 2 aromatic carbocycles. The van der Waals surface area contributed by atoms with Gasteiger partial charge in [0.1, 0.15) is 5.75 Å². The number of thioether (sulfide) groups is 1. The number of anilines is 1. The molecule has 29 heavy (non-hydrogen) atoms. The second kappa shape index (κ2) is 10.3. The lowest BCUT2D eigenvalue weighted by Gasteiger charge is -2.14. The van der Waals surface area contributed by atoms with Gasteiger partial charge in [-0.05, 0) is 73.7 Å². The van der Waals surface area contributed by atoms with Crippen LogP contribution < -0.4 is 10.1 Å². The van der Waals surface area contributed by atoms with Crippen molar-refractivity contribution in [2.24, 2.45) is 0 Å². The third-order valence-corrected chi connectivity index (χ3v) is 5.98. The maximum absolute atomic E-state index is 12.5. The molecule has 0 atom stereocenters. The molecular formula is C23H28N2O3S. The van der Waals surface area contributed by atoms with E-state index in [9.17, 15) is 9.59 Å². The Morgan fingerprint density at radius 2 is 1.86 bits per heavy atom. The minimum absolute atomic E-state index is 0.0718. The maximum atomic E-state index is 12.5. The molecule has 5 nitrogen and oxygen atoms in total. The van der Waals surface area contributed by atoms with Crippen LogP contribution in [0.5, 0.6) is 5.75 Å². The second-order valence-corrected chi connectivity index (χ2v) is 8.47. The van der Waals surface area contributed by atoms with E-state index < -0.39 is 0 Å². The van der Waals surface area contributed by atoms with Crippen molar-refractivity contribution in [1.29, 1.82) is 0 Å². The van der Waals surface area contributed by atoms with Gasteiger partial charge in [0.2, 0.25) is 5.91 Å². The van der Waals surface area contributed by atoms with E-state index in [1.807, 2.05) is 48.5 Å². The molecular weight excluding hydrogens is 384 g/mol. The molecule has 0 radical (unpaired) electrons. The Morgan fingerprint density at radius 3 is 2.62 bits per heavy atom. The summed E-state index contributed by atoms with van der Waals surface area (Å²) in [6.45, 7) is 0. The van der Waals surface area contributed by atoms with Gasteiger partial charge in [-0.3, -0.25) is 9.59 Å². The van der Waals surface area contributed by atoms with Gasteiger partial charge in [0.05, 0.1) is 11.8 Å². The number of carbonyl (C=O) groups is 2.